The Morgan fingerprint density at radius 2 is 1.76 bits per heavy atom. The Morgan fingerprint density at radius 3 is 2.36 bits per heavy atom. The third-order valence-corrected chi connectivity index (χ3v) is 7.31. The van der Waals surface area contributed by atoms with E-state index in [-0.39, 0.29) is 10.8 Å². The predicted octanol–water partition coefficient (Wildman–Crippen LogP) is 2.39. The molecule has 172 valence electrons. The van der Waals surface area contributed by atoms with Gasteiger partial charge in [-0.1, -0.05) is 6.07 Å². The molecule has 1 aromatic carbocycles. The number of nitrogens with one attached hydrogen (secondary N) is 2. The van der Waals surface area contributed by atoms with Gasteiger partial charge in [-0.15, -0.1) is 10.2 Å². The first-order chi connectivity index (χ1) is 15.8. The second kappa shape index (κ2) is 9.51. The summed E-state index contributed by atoms with van der Waals surface area (Å²) in [4.78, 5) is 17.7. The molecule has 0 aliphatic carbocycles. The van der Waals surface area contributed by atoms with Gasteiger partial charge in [-0.05, 0) is 55.0 Å². The van der Waals surface area contributed by atoms with Gasteiger partial charge in [-0.25, -0.2) is 13.4 Å². The Hall–Kier alpha value is -3.57. The Morgan fingerprint density at radius 1 is 0.970 bits per heavy atom. The van der Waals surface area contributed by atoms with E-state index < -0.39 is 10.0 Å². The number of piperazine rings is 1. The Balaban J connectivity index is 1.39. The number of nitrogens with zero attached hydrogens (tertiary/aromatic N) is 5. The number of amides is 1. The van der Waals surface area contributed by atoms with Crippen LogP contribution in [-0.4, -0.2) is 60.0 Å². The van der Waals surface area contributed by atoms with Crippen molar-refractivity contribution in [3.63, 3.8) is 0 Å². The van der Waals surface area contributed by atoms with Gasteiger partial charge in [0, 0.05) is 45.0 Å². The van der Waals surface area contributed by atoms with E-state index in [0.717, 1.165) is 0 Å². The van der Waals surface area contributed by atoms with Crippen molar-refractivity contribution >= 4 is 39.1 Å². The standard InChI is InChI=1S/C22H25N7O3S/c1-16-15-18(24-17(2)30)6-7-19(16)33(31,32)29-13-11-28(12-14-29)22-9-8-21(26-27-22)25-20-5-3-4-10-23-20/h3-10,15H,11-14H2,1-2H3,(H,24,30)(H,23,25,26). The summed E-state index contributed by atoms with van der Waals surface area (Å²) < 4.78 is 27.8. The normalized spacial score (nSPS) is 14.7. The van der Waals surface area contributed by atoms with Crippen LogP contribution in [0, 0.1) is 6.92 Å². The minimum Gasteiger partial charge on any atom is -0.352 e. The summed E-state index contributed by atoms with van der Waals surface area (Å²) in [7, 11) is -3.64. The van der Waals surface area contributed by atoms with Gasteiger partial charge in [0.2, 0.25) is 15.9 Å². The van der Waals surface area contributed by atoms with E-state index in [2.05, 4.69) is 25.8 Å². The van der Waals surface area contributed by atoms with E-state index in [0.29, 0.717) is 54.9 Å². The van der Waals surface area contributed by atoms with E-state index in [1.165, 1.54) is 11.2 Å². The lowest BCUT2D eigenvalue weighted by Gasteiger charge is -2.34. The molecule has 0 atom stereocenters. The van der Waals surface area contributed by atoms with Crippen molar-refractivity contribution in [1.29, 1.82) is 0 Å². The molecule has 0 spiro atoms. The van der Waals surface area contributed by atoms with Gasteiger partial charge in [0.1, 0.15) is 5.82 Å². The third kappa shape index (κ3) is 5.26. The summed E-state index contributed by atoms with van der Waals surface area (Å²) in [5, 5.41) is 14.2. The molecule has 0 bridgehead atoms. The molecule has 0 unspecified atom stereocenters. The van der Waals surface area contributed by atoms with Crippen LogP contribution >= 0.6 is 0 Å². The molecule has 1 amide bonds. The van der Waals surface area contributed by atoms with Crippen molar-refractivity contribution < 1.29 is 13.2 Å². The molecular weight excluding hydrogens is 442 g/mol. The molecule has 1 aliphatic rings. The molecule has 0 saturated carbocycles. The summed E-state index contributed by atoms with van der Waals surface area (Å²) in [6.07, 6.45) is 1.69. The summed E-state index contributed by atoms with van der Waals surface area (Å²) >= 11 is 0. The summed E-state index contributed by atoms with van der Waals surface area (Å²) in [5.41, 5.74) is 1.16. The lowest BCUT2D eigenvalue weighted by atomic mass is 10.2. The smallest absolute Gasteiger partial charge is 0.243 e. The average molecular weight is 468 g/mol. The number of rotatable bonds is 6. The van der Waals surface area contributed by atoms with Crippen LogP contribution in [0.5, 0.6) is 0 Å². The maximum Gasteiger partial charge on any atom is 0.243 e. The molecule has 1 fully saturated rings. The van der Waals surface area contributed by atoms with Crippen LogP contribution in [0.3, 0.4) is 0 Å². The van der Waals surface area contributed by atoms with E-state index in [4.69, 9.17) is 0 Å². The Bertz CT molecular complexity index is 1230. The predicted molar refractivity (Wildman–Crippen MR) is 126 cm³/mol. The van der Waals surface area contributed by atoms with Gasteiger partial charge in [0.25, 0.3) is 0 Å². The molecule has 1 saturated heterocycles. The fraction of sp³-hybridized carbons (Fsp3) is 0.273. The summed E-state index contributed by atoms with van der Waals surface area (Å²) in [5.74, 6) is 1.75. The van der Waals surface area contributed by atoms with Crippen LogP contribution in [0.1, 0.15) is 12.5 Å². The van der Waals surface area contributed by atoms with Crippen LogP contribution in [0.2, 0.25) is 0 Å². The number of sulfonamides is 1. The molecule has 2 N–H and O–H groups in total. The molecule has 1 aliphatic heterocycles. The highest BCUT2D eigenvalue weighted by Crippen LogP contribution is 2.25. The quantitative estimate of drug-likeness (QED) is 0.567. The number of aromatic nitrogens is 3. The second-order valence-electron chi connectivity index (χ2n) is 7.67. The van der Waals surface area contributed by atoms with E-state index in [1.54, 1.807) is 31.3 Å². The van der Waals surface area contributed by atoms with Crippen molar-refractivity contribution in [1.82, 2.24) is 19.5 Å². The highest BCUT2D eigenvalue weighted by atomic mass is 32.2. The van der Waals surface area contributed by atoms with Gasteiger partial charge < -0.3 is 15.5 Å². The molecule has 2 aromatic heterocycles. The van der Waals surface area contributed by atoms with Crippen molar-refractivity contribution in [2.45, 2.75) is 18.7 Å². The number of benzene rings is 1. The van der Waals surface area contributed by atoms with Crippen LogP contribution in [0.15, 0.2) is 59.6 Å². The second-order valence-corrected chi connectivity index (χ2v) is 9.58. The zero-order valence-corrected chi connectivity index (χ0v) is 19.2. The molecule has 10 nitrogen and oxygen atoms in total. The van der Waals surface area contributed by atoms with Gasteiger partial charge in [0.05, 0.1) is 4.90 Å². The summed E-state index contributed by atoms with van der Waals surface area (Å²) in [6.45, 7) is 4.82. The monoisotopic (exact) mass is 467 g/mol. The fourth-order valence-corrected chi connectivity index (χ4v) is 5.27. The first-order valence-corrected chi connectivity index (χ1v) is 11.9. The largest absolute Gasteiger partial charge is 0.352 e. The van der Waals surface area contributed by atoms with Crippen molar-refractivity contribution in [3.05, 3.63) is 60.3 Å². The first kappa shape index (κ1) is 22.6. The SMILES string of the molecule is CC(=O)Nc1ccc(S(=O)(=O)N2CCN(c3ccc(Nc4ccccn4)nn3)CC2)c(C)c1. The maximum absolute atomic E-state index is 13.2. The van der Waals surface area contributed by atoms with E-state index in [9.17, 15) is 13.2 Å². The first-order valence-electron chi connectivity index (χ1n) is 10.5. The van der Waals surface area contributed by atoms with E-state index >= 15 is 0 Å². The van der Waals surface area contributed by atoms with Crippen molar-refractivity contribution in [3.8, 4) is 0 Å². The molecular formula is C22H25N7O3S. The number of carbonyl (C=O) groups excluding carboxylic acids is 1. The summed E-state index contributed by atoms with van der Waals surface area (Å²) in [6, 6.07) is 14.0. The molecule has 0 radical (unpaired) electrons. The van der Waals surface area contributed by atoms with E-state index in [1.807, 2.05) is 35.2 Å². The van der Waals surface area contributed by atoms with Crippen LogP contribution in [0.25, 0.3) is 0 Å². The Labute approximate surface area is 192 Å². The van der Waals surface area contributed by atoms with Crippen molar-refractivity contribution in [2.75, 3.05) is 41.7 Å². The maximum atomic E-state index is 13.2. The van der Waals surface area contributed by atoms with Gasteiger partial charge in [0.15, 0.2) is 11.6 Å². The number of aryl methyl sites for hydroxylation is 1. The molecule has 33 heavy (non-hydrogen) atoms. The zero-order chi connectivity index (χ0) is 23.4. The van der Waals surface area contributed by atoms with Gasteiger partial charge in [-0.3, -0.25) is 4.79 Å². The van der Waals surface area contributed by atoms with Gasteiger partial charge >= 0.3 is 0 Å². The highest BCUT2D eigenvalue weighted by Gasteiger charge is 2.30. The van der Waals surface area contributed by atoms with Gasteiger partial charge in [-0.2, -0.15) is 4.31 Å². The van der Waals surface area contributed by atoms with Crippen LogP contribution in [0.4, 0.5) is 23.1 Å². The molecule has 3 aromatic rings. The molecule has 3 heterocycles. The number of carbonyl (C=O) groups is 1. The fourth-order valence-electron chi connectivity index (χ4n) is 3.64. The lowest BCUT2D eigenvalue weighted by molar-refractivity contribution is -0.114. The van der Waals surface area contributed by atoms with Crippen LogP contribution < -0.4 is 15.5 Å². The molecule has 11 heteroatoms. The topological polar surface area (TPSA) is 120 Å². The minimum atomic E-state index is -3.64. The highest BCUT2D eigenvalue weighted by molar-refractivity contribution is 7.89. The molecule has 4 rings (SSSR count). The zero-order valence-electron chi connectivity index (χ0n) is 18.4. The number of anilines is 4. The number of pyridine rings is 1. The minimum absolute atomic E-state index is 0.204. The average Bonchev–Trinajstić information content (AvgIpc) is 2.80. The number of hydrogen-bond acceptors (Lipinski definition) is 8. The number of hydrogen-bond donors (Lipinski definition) is 2. The lowest BCUT2D eigenvalue weighted by Crippen LogP contribution is -2.49. The Kier molecular flexibility index (Phi) is 6.52. The third-order valence-electron chi connectivity index (χ3n) is 5.25. The van der Waals surface area contributed by atoms with Crippen molar-refractivity contribution in [2.24, 2.45) is 0 Å². The van der Waals surface area contributed by atoms with Crippen LogP contribution in [-0.2, 0) is 14.8 Å².